The lowest BCUT2D eigenvalue weighted by Gasteiger charge is -2.29. The van der Waals surface area contributed by atoms with Gasteiger partial charge >= 0.3 is 0 Å². The Morgan fingerprint density at radius 2 is 1.95 bits per heavy atom. The Balaban J connectivity index is 0.00000242. The van der Waals surface area contributed by atoms with Gasteiger partial charge in [0.05, 0.1) is 0 Å². The Morgan fingerprint density at radius 1 is 1.23 bits per heavy atom. The highest BCUT2D eigenvalue weighted by Gasteiger charge is 2.27. The van der Waals surface area contributed by atoms with Gasteiger partial charge in [0.25, 0.3) is 0 Å². The van der Waals surface area contributed by atoms with Crippen LogP contribution in [0.5, 0.6) is 0 Å². The van der Waals surface area contributed by atoms with Crippen LogP contribution in [0.15, 0.2) is 30.3 Å². The third-order valence-corrected chi connectivity index (χ3v) is 4.49. The molecule has 2 N–H and O–H groups in total. The molecule has 1 saturated carbocycles. The van der Waals surface area contributed by atoms with Crippen molar-refractivity contribution in [1.29, 1.82) is 0 Å². The van der Waals surface area contributed by atoms with Crippen LogP contribution in [0.25, 0.3) is 0 Å². The predicted molar refractivity (Wildman–Crippen MR) is 94.2 cm³/mol. The van der Waals surface area contributed by atoms with E-state index >= 15 is 0 Å². The first-order chi connectivity index (χ1) is 10.2. The zero-order valence-corrected chi connectivity index (χ0v) is 14.4. The first kappa shape index (κ1) is 19.0. The lowest BCUT2D eigenvalue weighted by Crippen LogP contribution is -2.39. The van der Waals surface area contributed by atoms with Crippen molar-refractivity contribution in [3.05, 3.63) is 35.9 Å². The second-order valence-electron chi connectivity index (χ2n) is 6.33. The van der Waals surface area contributed by atoms with Crippen LogP contribution in [-0.4, -0.2) is 30.4 Å². The van der Waals surface area contributed by atoms with Crippen molar-refractivity contribution >= 4 is 18.3 Å². The fraction of sp³-hybridized carbons (Fsp3) is 0.611. The second-order valence-corrected chi connectivity index (χ2v) is 6.33. The minimum atomic E-state index is 0. The molecule has 0 bridgehead atoms. The molecule has 1 fully saturated rings. The van der Waals surface area contributed by atoms with Crippen molar-refractivity contribution in [3.63, 3.8) is 0 Å². The Kier molecular flexibility index (Phi) is 8.51. The minimum Gasteiger partial charge on any atom is -0.346 e. The Labute approximate surface area is 140 Å². The molecule has 2 atom stereocenters. The highest BCUT2D eigenvalue weighted by molar-refractivity contribution is 5.85. The highest BCUT2D eigenvalue weighted by atomic mass is 35.5. The third-order valence-electron chi connectivity index (χ3n) is 4.49. The molecule has 0 aliphatic heterocycles. The summed E-state index contributed by atoms with van der Waals surface area (Å²) in [5.74, 6) is 0.456. The fourth-order valence-electron chi connectivity index (χ4n) is 3.20. The normalized spacial score (nSPS) is 21.0. The molecule has 0 spiro atoms. The molecular weight excluding hydrogens is 296 g/mol. The number of halogens is 1. The summed E-state index contributed by atoms with van der Waals surface area (Å²) in [6.45, 7) is 0.859. The average Bonchev–Trinajstić information content (AvgIpc) is 2.51. The molecule has 0 saturated heterocycles. The van der Waals surface area contributed by atoms with E-state index < -0.39 is 0 Å². The van der Waals surface area contributed by atoms with Gasteiger partial charge in [0.2, 0.25) is 5.91 Å². The van der Waals surface area contributed by atoms with Gasteiger partial charge in [-0.1, -0.05) is 36.8 Å². The number of carbonyl (C=O) groups excluding carboxylic acids is 1. The molecule has 22 heavy (non-hydrogen) atoms. The zero-order valence-electron chi connectivity index (χ0n) is 13.5. The summed E-state index contributed by atoms with van der Waals surface area (Å²) in [4.78, 5) is 14.3. The summed E-state index contributed by atoms with van der Waals surface area (Å²) < 4.78 is 0. The Morgan fingerprint density at radius 3 is 2.64 bits per heavy atom. The molecule has 1 aliphatic rings. The number of unbranched alkanes of at least 4 members (excludes halogenated alkanes) is 1. The standard InChI is InChI=1S/C18H28N2O.ClH/c1-20(18(21)16-11-7-12-17(19)14-16)13-6-5-10-15-8-3-2-4-9-15;/h2-4,8-9,16-17H,5-7,10-14,19H2,1H3;1H. The van der Waals surface area contributed by atoms with E-state index in [2.05, 4.69) is 24.3 Å². The summed E-state index contributed by atoms with van der Waals surface area (Å²) in [6, 6.07) is 10.8. The van der Waals surface area contributed by atoms with E-state index in [1.54, 1.807) is 0 Å². The van der Waals surface area contributed by atoms with E-state index in [1.807, 2.05) is 18.0 Å². The van der Waals surface area contributed by atoms with Crippen molar-refractivity contribution < 1.29 is 4.79 Å². The summed E-state index contributed by atoms with van der Waals surface area (Å²) >= 11 is 0. The quantitative estimate of drug-likeness (QED) is 0.815. The first-order valence-corrected chi connectivity index (χ1v) is 8.21. The fourth-order valence-corrected chi connectivity index (χ4v) is 3.20. The van der Waals surface area contributed by atoms with Gasteiger partial charge in [-0.25, -0.2) is 0 Å². The van der Waals surface area contributed by atoms with Crippen LogP contribution in [0.2, 0.25) is 0 Å². The van der Waals surface area contributed by atoms with Crippen LogP contribution in [0.3, 0.4) is 0 Å². The van der Waals surface area contributed by atoms with Crippen molar-refractivity contribution in [1.82, 2.24) is 4.90 Å². The van der Waals surface area contributed by atoms with Crippen molar-refractivity contribution in [2.24, 2.45) is 11.7 Å². The van der Waals surface area contributed by atoms with Crippen LogP contribution in [-0.2, 0) is 11.2 Å². The van der Waals surface area contributed by atoms with Gasteiger partial charge in [-0.3, -0.25) is 4.79 Å². The number of hydrogen-bond acceptors (Lipinski definition) is 2. The minimum absolute atomic E-state index is 0. The summed E-state index contributed by atoms with van der Waals surface area (Å²) in [7, 11) is 1.94. The molecule has 1 aromatic carbocycles. The van der Waals surface area contributed by atoms with Crippen LogP contribution < -0.4 is 5.73 Å². The van der Waals surface area contributed by atoms with Crippen LogP contribution >= 0.6 is 12.4 Å². The number of hydrogen-bond donors (Lipinski definition) is 1. The molecule has 1 aliphatic carbocycles. The van der Waals surface area contributed by atoms with Gasteiger partial charge in [-0.2, -0.15) is 0 Å². The molecule has 0 aromatic heterocycles. The Bertz CT molecular complexity index is 438. The van der Waals surface area contributed by atoms with Gasteiger partial charge < -0.3 is 10.6 Å². The van der Waals surface area contributed by atoms with Gasteiger partial charge in [0, 0.05) is 25.6 Å². The molecule has 1 amide bonds. The largest absolute Gasteiger partial charge is 0.346 e. The average molecular weight is 325 g/mol. The Hall–Kier alpha value is -1.06. The molecule has 124 valence electrons. The van der Waals surface area contributed by atoms with Gasteiger partial charge in [0.15, 0.2) is 0 Å². The number of aryl methyl sites for hydroxylation is 1. The number of rotatable bonds is 6. The van der Waals surface area contributed by atoms with E-state index in [0.29, 0.717) is 5.91 Å². The lowest BCUT2D eigenvalue weighted by atomic mass is 9.85. The number of benzene rings is 1. The highest BCUT2D eigenvalue weighted by Crippen LogP contribution is 2.24. The molecular formula is C18H29ClN2O. The van der Waals surface area contributed by atoms with Crippen molar-refractivity contribution in [2.45, 2.75) is 51.0 Å². The van der Waals surface area contributed by atoms with E-state index in [1.165, 1.54) is 5.56 Å². The number of carbonyl (C=O) groups is 1. The van der Waals surface area contributed by atoms with Gasteiger partial charge in [-0.15, -0.1) is 12.4 Å². The summed E-state index contributed by atoms with van der Waals surface area (Å²) in [5, 5.41) is 0. The second kappa shape index (κ2) is 9.86. The van der Waals surface area contributed by atoms with E-state index in [0.717, 1.165) is 51.5 Å². The monoisotopic (exact) mass is 324 g/mol. The van der Waals surface area contributed by atoms with Crippen LogP contribution in [0.1, 0.15) is 44.1 Å². The molecule has 1 aromatic rings. The van der Waals surface area contributed by atoms with Crippen molar-refractivity contribution in [3.8, 4) is 0 Å². The van der Waals surface area contributed by atoms with E-state index in [9.17, 15) is 4.79 Å². The smallest absolute Gasteiger partial charge is 0.225 e. The molecule has 3 nitrogen and oxygen atoms in total. The van der Waals surface area contributed by atoms with Gasteiger partial charge in [0.1, 0.15) is 0 Å². The zero-order chi connectivity index (χ0) is 15.1. The van der Waals surface area contributed by atoms with E-state index in [4.69, 9.17) is 5.73 Å². The first-order valence-electron chi connectivity index (χ1n) is 8.21. The number of nitrogens with two attached hydrogens (primary N) is 1. The maximum atomic E-state index is 12.4. The number of amides is 1. The predicted octanol–water partition coefficient (Wildman–Crippen LogP) is 3.41. The maximum absolute atomic E-state index is 12.4. The molecule has 4 heteroatoms. The molecule has 0 radical (unpaired) electrons. The summed E-state index contributed by atoms with van der Waals surface area (Å²) in [5.41, 5.74) is 7.36. The van der Waals surface area contributed by atoms with E-state index in [-0.39, 0.29) is 24.4 Å². The lowest BCUT2D eigenvalue weighted by molar-refractivity contribution is -0.135. The van der Waals surface area contributed by atoms with Crippen molar-refractivity contribution in [2.75, 3.05) is 13.6 Å². The SMILES string of the molecule is CN(CCCCc1ccccc1)C(=O)C1CCCC(N)C1.Cl. The van der Waals surface area contributed by atoms with Crippen LogP contribution in [0.4, 0.5) is 0 Å². The molecule has 0 heterocycles. The van der Waals surface area contributed by atoms with Crippen LogP contribution in [0, 0.1) is 5.92 Å². The molecule has 2 rings (SSSR count). The third kappa shape index (κ3) is 5.98. The van der Waals surface area contributed by atoms with Gasteiger partial charge in [-0.05, 0) is 44.1 Å². The summed E-state index contributed by atoms with van der Waals surface area (Å²) in [6.07, 6.45) is 7.34. The maximum Gasteiger partial charge on any atom is 0.225 e. The molecule has 2 unspecified atom stereocenters. The number of nitrogens with zero attached hydrogens (tertiary/aromatic N) is 1. The topological polar surface area (TPSA) is 46.3 Å².